The Balaban J connectivity index is 2.38. The van der Waals surface area contributed by atoms with E-state index in [1.54, 1.807) is 6.08 Å². The zero-order chi connectivity index (χ0) is 40.9. The van der Waals surface area contributed by atoms with Crippen molar-refractivity contribution in [1.29, 1.82) is 0 Å². The molecule has 1 rings (SSSR count). The van der Waals surface area contributed by atoms with Gasteiger partial charge in [0.15, 0.2) is 6.29 Å². The van der Waals surface area contributed by atoms with Gasteiger partial charge in [-0.3, -0.25) is 4.79 Å². The first kappa shape index (κ1) is 52.4. The van der Waals surface area contributed by atoms with Crippen LogP contribution in [-0.2, 0) is 14.3 Å². The van der Waals surface area contributed by atoms with E-state index in [0.29, 0.717) is 6.42 Å². The smallest absolute Gasteiger partial charge is 0.220 e. The molecule has 0 saturated carbocycles. The monoisotopic (exact) mass is 794 g/mol. The Morgan fingerprint density at radius 3 is 1.50 bits per heavy atom. The number of unbranched alkanes of at least 4 members (excludes halogenated alkanes) is 24. The molecule has 9 heteroatoms. The summed E-state index contributed by atoms with van der Waals surface area (Å²) in [5.41, 5.74) is 0. The predicted octanol–water partition coefficient (Wildman–Crippen LogP) is 9.67. The van der Waals surface area contributed by atoms with Crippen molar-refractivity contribution >= 4 is 5.91 Å². The van der Waals surface area contributed by atoms with Gasteiger partial charge in [-0.05, 0) is 57.8 Å². The van der Waals surface area contributed by atoms with Crippen LogP contribution in [0.2, 0.25) is 0 Å². The molecule has 0 bridgehead atoms. The second kappa shape index (κ2) is 37.7. The average Bonchev–Trinajstić information content (AvgIpc) is 3.20. The van der Waals surface area contributed by atoms with Gasteiger partial charge in [0.05, 0.1) is 25.4 Å². The van der Waals surface area contributed by atoms with Crippen molar-refractivity contribution in [2.75, 3.05) is 13.2 Å². The van der Waals surface area contributed by atoms with Crippen LogP contribution in [0.3, 0.4) is 0 Å². The third-order valence-corrected chi connectivity index (χ3v) is 10.9. The molecule has 0 spiro atoms. The first-order valence-electron chi connectivity index (χ1n) is 23.2. The van der Waals surface area contributed by atoms with Crippen LogP contribution in [0.4, 0.5) is 0 Å². The molecule has 6 N–H and O–H groups in total. The fraction of sp³-hybridized carbons (Fsp3) is 0.851. The van der Waals surface area contributed by atoms with E-state index in [1.807, 2.05) is 6.08 Å². The van der Waals surface area contributed by atoms with Crippen molar-refractivity contribution in [3.63, 3.8) is 0 Å². The quantitative estimate of drug-likeness (QED) is 0.0268. The van der Waals surface area contributed by atoms with Crippen molar-refractivity contribution < 1.29 is 39.8 Å². The van der Waals surface area contributed by atoms with Crippen LogP contribution in [0, 0.1) is 0 Å². The van der Waals surface area contributed by atoms with Gasteiger partial charge in [-0.25, -0.2) is 0 Å². The van der Waals surface area contributed by atoms with Gasteiger partial charge in [0, 0.05) is 6.42 Å². The highest BCUT2D eigenvalue weighted by atomic mass is 16.7. The van der Waals surface area contributed by atoms with Crippen LogP contribution >= 0.6 is 0 Å². The van der Waals surface area contributed by atoms with Crippen LogP contribution in [0.25, 0.3) is 0 Å². The number of amides is 1. The Labute approximate surface area is 342 Å². The lowest BCUT2D eigenvalue weighted by atomic mass is 9.99. The lowest BCUT2D eigenvalue weighted by molar-refractivity contribution is -0.302. The second-order valence-corrected chi connectivity index (χ2v) is 16.2. The number of nitrogens with one attached hydrogen (secondary N) is 1. The van der Waals surface area contributed by atoms with Gasteiger partial charge in [0.25, 0.3) is 0 Å². The van der Waals surface area contributed by atoms with E-state index >= 15 is 0 Å². The molecule has 0 aromatic heterocycles. The summed E-state index contributed by atoms with van der Waals surface area (Å²) in [4.78, 5) is 12.9. The Morgan fingerprint density at radius 1 is 0.589 bits per heavy atom. The number of hydrogen-bond donors (Lipinski definition) is 6. The van der Waals surface area contributed by atoms with Crippen LogP contribution in [0.1, 0.15) is 200 Å². The predicted molar refractivity (Wildman–Crippen MR) is 230 cm³/mol. The summed E-state index contributed by atoms with van der Waals surface area (Å²) in [6, 6.07) is -0.823. The molecule has 328 valence electrons. The summed E-state index contributed by atoms with van der Waals surface area (Å²) < 4.78 is 11.2. The minimum atomic E-state index is -1.57. The number of aliphatic hydroxyl groups is 5. The minimum Gasteiger partial charge on any atom is -0.394 e. The summed E-state index contributed by atoms with van der Waals surface area (Å²) in [7, 11) is 0. The first-order chi connectivity index (χ1) is 27.3. The molecular formula is C47H87NO8. The molecule has 0 radical (unpaired) electrons. The maximum absolute atomic E-state index is 12.9. The van der Waals surface area contributed by atoms with E-state index in [0.717, 1.165) is 57.8 Å². The van der Waals surface area contributed by atoms with Crippen LogP contribution in [-0.4, -0.2) is 87.5 Å². The second-order valence-electron chi connectivity index (χ2n) is 16.2. The Hall–Kier alpha value is -1.59. The minimum absolute atomic E-state index is 0.196. The van der Waals surface area contributed by atoms with Crippen molar-refractivity contribution in [3.8, 4) is 0 Å². The number of ether oxygens (including phenoxy) is 2. The van der Waals surface area contributed by atoms with Crippen molar-refractivity contribution in [3.05, 3.63) is 36.5 Å². The zero-order valence-corrected chi connectivity index (χ0v) is 35.9. The van der Waals surface area contributed by atoms with E-state index in [-0.39, 0.29) is 12.5 Å². The highest BCUT2D eigenvalue weighted by Gasteiger charge is 2.44. The first-order valence-corrected chi connectivity index (χ1v) is 23.2. The van der Waals surface area contributed by atoms with Crippen LogP contribution in [0.15, 0.2) is 36.5 Å². The Kier molecular flexibility index (Phi) is 35.3. The molecule has 56 heavy (non-hydrogen) atoms. The van der Waals surface area contributed by atoms with Gasteiger partial charge < -0.3 is 40.3 Å². The topological polar surface area (TPSA) is 149 Å². The average molecular weight is 794 g/mol. The summed E-state index contributed by atoms with van der Waals surface area (Å²) >= 11 is 0. The maximum Gasteiger partial charge on any atom is 0.220 e. The van der Waals surface area contributed by atoms with Gasteiger partial charge in [-0.1, -0.05) is 172 Å². The maximum atomic E-state index is 12.9. The van der Waals surface area contributed by atoms with Crippen molar-refractivity contribution in [2.45, 2.75) is 243 Å². The number of allylic oxidation sites excluding steroid dienone is 5. The standard InChI is InChI=1S/C47H87NO8/c1-3-5-7-9-11-13-15-17-19-20-21-23-25-27-29-31-33-35-37-43(51)48-40(39-55-47-46(54)45(53)44(52)42(38-49)56-47)41(50)36-34-32-30-28-26-24-22-18-16-14-12-10-8-6-4-2/h21,23,26,28,34,36,40-42,44-47,49-50,52-54H,3-20,22,24-25,27,29-33,35,37-39H2,1-2H3,(H,48,51)/b23-21-,28-26+,36-34+. The fourth-order valence-corrected chi connectivity index (χ4v) is 7.17. The molecule has 0 aromatic carbocycles. The summed E-state index contributed by atoms with van der Waals surface area (Å²) in [5, 5.41) is 54.1. The van der Waals surface area contributed by atoms with Gasteiger partial charge in [-0.15, -0.1) is 0 Å². The van der Waals surface area contributed by atoms with E-state index < -0.39 is 49.5 Å². The Bertz CT molecular complexity index is 972. The number of aliphatic hydroxyl groups excluding tert-OH is 5. The molecule has 1 amide bonds. The molecule has 9 nitrogen and oxygen atoms in total. The molecule has 7 atom stereocenters. The molecule has 1 heterocycles. The van der Waals surface area contributed by atoms with E-state index in [9.17, 15) is 30.3 Å². The van der Waals surface area contributed by atoms with Gasteiger partial charge in [0.2, 0.25) is 5.91 Å². The number of hydrogen-bond acceptors (Lipinski definition) is 8. The normalized spacial score (nSPS) is 21.4. The van der Waals surface area contributed by atoms with Gasteiger partial charge >= 0.3 is 0 Å². The number of rotatable bonds is 38. The molecule has 0 aromatic rings. The Morgan fingerprint density at radius 2 is 1.02 bits per heavy atom. The van der Waals surface area contributed by atoms with Crippen molar-refractivity contribution in [1.82, 2.24) is 5.32 Å². The largest absolute Gasteiger partial charge is 0.394 e. The lowest BCUT2D eigenvalue weighted by Crippen LogP contribution is -2.60. The number of carbonyl (C=O) groups is 1. The molecule has 7 unspecified atom stereocenters. The third-order valence-electron chi connectivity index (χ3n) is 10.9. The summed E-state index contributed by atoms with van der Waals surface area (Å²) in [6.45, 7) is 3.74. The molecule has 0 aliphatic carbocycles. The SMILES string of the molecule is CCCCCCCCCCC/C=C\CCCCCCCC(=O)NC(COC1OC(CO)C(O)C(O)C1O)C(O)/C=C/CC/C=C/CCCCCCCCCCC. The van der Waals surface area contributed by atoms with E-state index in [2.05, 4.69) is 43.5 Å². The molecule has 1 aliphatic rings. The molecule has 1 fully saturated rings. The third kappa shape index (κ3) is 27.9. The fourth-order valence-electron chi connectivity index (χ4n) is 7.17. The zero-order valence-electron chi connectivity index (χ0n) is 35.9. The highest BCUT2D eigenvalue weighted by Crippen LogP contribution is 2.22. The molecule has 1 aliphatic heterocycles. The van der Waals surface area contributed by atoms with Crippen molar-refractivity contribution in [2.24, 2.45) is 0 Å². The highest BCUT2D eigenvalue weighted by molar-refractivity contribution is 5.76. The van der Waals surface area contributed by atoms with Crippen LogP contribution in [0.5, 0.6) is 0 Å². The lowest BCUT2D eigenvalue weighted by Gasteiger charge is -2.40. The summed E-state index contributed by atoms with van der Waals surface area (Å²) in [5.74, 6) is -0.196. The molecule has 1 saturated heterocycles. The summed E-state index contributed by atoms with van der Waals surface area (Å²) in [6.07, 6.45) is 39.0. The van der Waals surface area contributed by atoms with E-state index in [1.165, 1.54) is 122 Å². The van der Waals surface area contributed by atoms with Gasteiger partial charge in [-0.2, -0.15) is 0 Å². The number of carbonyl (C=O) groups excluding carboxylic acids is 1. The molecular weight excluding hydrogens is 707 g/mol. The van der Waals surface area contributed by atoms with E-state index in [4.69, 9.17) is 9.47 Å². The van der Waals surface area contributed by atoms with Gasteiger partial charge in [0.1, 0.15) is 24.4 Å². The van der Waals surface area contributed by atoms with Crippen LogP contribution < -0.4 is 5.32 Å².